The molecule has 0 spiro atoms. The van der Waals surface area contributed by atoms with Gasteiger partial charge >= 0.3 is 0 Å². The summed E-state index contributed by atoms with van der Waals surface area (Å²) in [5, 5.41) is 0. The Kier molecular flexibility index (Phi) is 4.10. The van der Waals surface area contributed by atoms with Crippen molar-refractivity contribution in [1.82, 2.24) is 0 Å². The highest BCUT2D eigenvalue weighted by Crippen LogP contribution is 2.25. The molecule has 0 aliphatic carbocycles. The van der Waals surface area contributed by atoms with Crippen LogP contribution in [0.15, 0.2) is 46.9 Å². The molecule has 4 heteroatoms. The van der Waals surface area contributed by atoms with E-state index in [9.17, 15) is 9.18 Å². The average Bonchev–Trinajstić information content (AvgIpc) is 2.41. The molecule has 2 aromatic rings. The molecule has 0 amide bonds. The van der Waals surface area contributed by atoms with E-state index in [2.05, 4.69) is 15.9 Å². The van der Waals surface area contributed by atoms with E-state index in [0.29, 0.717) is 18.6 Å². The molecule has 92 valence electrons. The fourth-order valence-corrected chi connectivity index (χ4v) is 1.95. The maximum atomic E-state index is 13.4. The van der Waals surface area contributed by atoms with Gasteiger partial charge in [-0.25, -0.2) is 4.39 Å². The summed E-state index contributed by atoms with van der Waals surface area (Å²) in [6.45, 7) is 0.372. The summed E-state index contributed by atoms with van der Waals surface area (Å²) in [6.07, 6.45) is 0.468. The Labute approximate surface area is 113 Å². The minimum absolute atomic E-state index is 0.0209. The van der Waals surface area contributed by atoms with Crippen molar-refractivity contribution in [3.05, 3.63) is 63.9 Å². The van der Waals surface area contributed by atoms with Gasteiger partial charge in [0, 0.05) is 0 Å². The molecule has 0 saturated heterocycles. The zero-order valence-corrected chi connectivity index (χ0v) is 11.0. The van der Waals surface area contributed by atoms with Crippen LogP contribution in [0.5, 0.6) is 5.75 Å². The van der Waals surface area contributed by atoms with E-state index in [1.165, 1.54) is 12.1 Å². The van der Waals surface area contributed by atoms with Gasteiger partial charge < -0.3 is 4.74 Å². The number of carbonyl (C=O) groups is 1. The predicted molar refractivity (Wildman–Crippen MR) is 70.3 cm³/mol. The summed E-state index contributed by atoms with van der Waals surface area (Å²) in [6, 6.07) is 12.5. The van der Waals surface area contributed by atoms with Crippen LogP contribution in [0.25, 0.3) is 0 Å². The van der Waals surface area contributed by atoms with Crippen molar-refractivity contribution in [2.24, 2.45) is 0 Å². The second kappa shape index (κ2) is 5.78. The molecule has 0 saturated carbocycles. The zero-order chi connectivity index (χ0) is 13.0. The standard InChI is InChI=1S/C14H10BrFO2/c15-13-7-12(6-11(8-17)14(13)16)18-9-10-4-2-1-3-5-10/h1-8H,9H2. The normalized spacial score (nSPS) is 10.1. The molecule has 0 aliphatic heterocycles. The maximum absolute atomic E-state index is 13.4. The van der Waals surface area contributed by atoms with Gasteiger partial charge in [-0.3, -0.25) is 4.79 Å². The van der Waals surface area contributed by atoms with Crippen molar-refractivity contribution >= 4 is 22.2 Å². The minimum atomic E-state index is -0.572. The van der Waals surface area contributed by atoms with Gasteiger partial charge in [0.25, 0.3) is 0 Å². The largest absolute Gasteiger partial charge is 0.489 e. The Bertz CT molecular complexity index is 555. The van der Waals surface area contributed by atoms with Gasteiger partial charge in [0.15, 0.2) is 6.29 Å². The van der Waals surface area contributed by atoms with Gasteiger partial charge in [-0.15, -0.1) is 0 Å². The third-order valence-electron chi connectivity index (χ3n) is 2.41. The quantitative estimate of drug-likeness (QED) is 0.799. The number of benzene rings is 2. The molecule has 18 heavy (non-hydrogen) atoms. The lowest BCUT2D eigenvalue weighted by Crippen LogP contribution is -1.97. The third-order valence-corrected chi connectivity index (χ3v) is 2.98. The molecule has 0 heterocycles. The SMILES string of the molecule is O=Cc1cc(OCc2ccccc2)cc(Br)c1F. The second-order valence-electron chi connectivity index (χ2n) is 3.70. The minimum Gasteiger partial charge on any atom is -0.489 e. The lowest BCUT2D eigenvalue weighted by Gasteiger charge is -2.08. The highest BCUT2D eigenvalue weighted by molar-refractivity contribution is 9.10. The first-order valence-electron chi connectivity index (χ1n) is 5.31. The lowest BCUT2D eigenvalue weighted by molar-refractivity contribution is 0.111. The predicted octanol–water partition coefficient (Wildman–Crippen LogP) is 3.98. The van der Waals surface area contributed by atoms with E-state index in [1.54, 1.807) is 0 Å². The first kappa shape index (κ1) is 12.8. The fraction of sp³-hybridized carbons (Fsp3) is 0.0714. The number of rotatable bonds is 4. The van der Waals surface area contributed by atoms with Crippen molar-refractivity contribution in [2.75, 3.05) is 0 Å². The molecule has 0 aromatic heterocycles. The smallest absolute Gasteiger partial charge is 0.153 e. The molecular weight excluding hydrogens is 299 g/mol. The van der Waals surface area contributed by atoms with E-state index in [4.69, 9.17) is 4.74 Å². The molecule has 2 aromatic carbocycles. The van der Waals surface area contributed by atoms with E-state index in [-0.39, 0.29) is 10.0 Å². The van der Waals surface area contributed by atoms with Crippen LogP contribution in [-0.2, 0) is 6.61 Å². The fourth-order valence-electron chi connectivity index (χ4n) is 1.49. The summed E-state index contributed by atoms with van der Waals surface area (Å²) in [7, 11) is 0. The zero-order valence-electron chi connectivity index (χ0n) is 9.40. The third kappa shape index (κ3) is 2.96. The topological polar surface area (TPSA) is 26.3 Å². The highest BCUT2D eigenvalue weighted by Gasteiger charge is 2.09. The summed E-state index contributed by atoms with van der Waals surface area (Å²) < 4.78 is 19.1. The molecule has 0 atom stereocenters. The Morgan fingerprint density at radius 2 is 1.94 bits per heavy atom. The Balaban J connectivity index is 2.15. The number of hydrogen-bond donors (Lipinski definition) is 0. The van der Waals surface area contributed by atoms with Crippen molar-refractivity contribution in [3.63, 3.8) is 0 Å². The van der Waals surface area contributed by atoms with Gasteiger partial charge in [-0.1, -0.05) is 30.3 Å². The number of halogens is 2. The van der Waals surface area contributed by atoms with Crippen LogP contribution >= 0.6 is 15.9 Å². The van der Waals surface area contributed by atoms with E-state index < -0.39 is 5.82 Å². The lowest BCUT2D eigenvalue weighted by atomic mass is 10.2. The van der Waals surface area contributed by atoms with Crippen molar-refractivity contribution < 1.29 is 13.9 Å². The first-order chi connectivity index (χ1) is 8.70. The van der Waals surface area contributed by atoms with Crippen LogP contribution < -0.4 is 4.74 Å². The number of ether oxygens (including phenoxy) is 1. The number of aldehydes is 1. The molecular formula is C14H10BrFO2. The Hall–Kier alpha value is -1.68. The molecule has 0 N–H and O–H groups in total. The average molecular weight is 309 g/mol. The molecule has 0 aliphatic rings. The summed E-state index contributed by atoms with van der Waals surface area (Å²) >= 11 is 3.05. The monoisotopic (exact) mass is 308 g/mol. The van der Waals surface area contributed by atoms with Crippen molar-refractivity contribution in [3.8, 4) is 5.75 Å². The Morgan fingerprint density at radius 1 is 1.22 bits per heavy atom. The van der Waals surface area contributed by atoms with Crippen molar-refractivity contribution in [1.29, 1.82) is 0 Å². The molecule has 0 fully saturated rings. The van der Waals surface area contributed by atoms with Crippen molar-refractivity contribution in [2.45, 2.75) is 6.61 Å². The molecule has 2 rings (SSSR count). The second-order valence-corrected chi connectivity index (χ2v) is 4.55. The molecule has 0 radical (unpaired) electrons. The summed E-state index contributed by atoms with van der Waals surface area (Å²) in [5.74, 6) is -0.119. The molecule has 0 bridgehead atoms. The van der Waals surface area contributed by atoms with Crippen LogP contribution in [0.1, 0.15) is 15.9 Å². The van der Waals surface area contributed by atoms with Crippen LogP contribution in [0.2, 0.25) is 0 Å². The van der Waals surface area contributed by atoms with E-state index in [0.717, 1.165) is 5.56 Å². The van der Waals surface area contributed by atoms with Crippen LogP contribution in [0.4, 0.5) is 4.39 Å². The first-order valence-corrected chi connectivity index (χ1v) is 6.11. The Morgan fingerprint density at radius 3 is 2.61 bits per heavy atom. The van der Waals surface area contributed by atoms with Crippen LogP contribution in [-0.4, -0.2) is 6.29 Å². The van der Waals surface area contributed by atoms with Crippen LogP contribution in [0.3, 0.4) is 0 Å². The van der Waals surface area contributed by atoms with E-state index in [1.807, 2.05) is 30.3 Å². The maximum Gasteiger partial charge on any atom is 0.153 e. The van der Waals surface area contributed by atoms with Gasteiger partial charge in [-0.05, 0) is 33.6 Å². The molecule has 0 unspecified atom stereocenters. The van der Waals surface area contributed by atoms with Gasteiger partial charge in [0.2, 0.25) is 0 Å². The van der Waals surface area contributed by atoms with Gasteiger partial charge in [-0.2, -0.15) is 0 Å². The summed E-state index contributed by atoms with van der Waals surface area (Å²) in [5.41, 5.74) is 0.984. The summed E-state index contributed by atoms with van der Waals surface area (Å²) in [4.78, 5) is 10.7. The van der Waals surface area contributed by atoms with Gasteiger partial charge in [0.05, 0.1) is 10.0 Å². The van der Waals surface area contributed by atoms with Crippen LogP contribution in [0, 0.1) is 5.82 Å². The molecule has 2 nitrogen and oxygen atoms in total. The number of carbonyl (C=O) groups excluding carboxylic acids is 1. The highest BCUT2D eigenvalue weighted by atomic mass is 79.9. The number of hydrogen-bond acceptors (Lipinski definition) is 2. The van der Waals surface area contributed by atoms with E-state index >= 15 is 0 Å². The van der Waals surface area contributed by atoms with Gasteiger partial charge in [0.1, 0.15) is 18.2 Å².